The fraction of sp³-hybridized carbons (Fsp3) is 0.750. The number of allylic oxidation sites excluding steroid dienone is 1. The first-order valence-corrected chi connectivity index (χ1v) is 4.03. The topological polar surface area (TPSA) is 15.3 Å². The second-order valence-corrected chi connectivity index (χ2v) is 3.36. The lowest BCUT2D eigenvalue weighted by atomic mass is 9.97. The highest BCUT2D eigenvalue weighted by molar-refractivity contribution is 5.08. The van der Waals surface area contributed by atoms with E-state index in [-0.39, 0.29) is 0 Å². The molecule has 0 aromatic carbocycles. The molecule has 2 heteroatoms. The van der Waals surface area contributed by atoms with Crippen molar-refractivity contribution in [3.05, 3.63) is 11.9 Å². The van der Waals surface area contributed by atoms with Gasteiger partial charge in [-0.2, -0.15) is 0 Å². The number of nitrogens with zero attached hydrogens (tertiary/aromatic N) is 1. The van der Waals surface area contributed by atoms with Gasteiger partial charge >= 0.3 is 0 Å². The maximum Gasteiger partial charge on any atom is 0.0869 e. The predicted octanol–water partition coefficient (Wildman–Crippen LogP) is 1.12. The maximum absolute atomic E-state index is 3.25. The molecule has 0 aromatic heterocycles. The summed E-state index contributed by atoms with van der Waals surface area (Å²) in [6.07, 6.45) is 4.79. The minimum atomic E-state index is 0.891. The van der Waals surface area contributed by atoms with Gasteiger partial charge in [-0.15, -0.1) is 0 Å². The van der Waals surface area contributed by atoms with Gasteiger partial charge in [-0.3, -0.25) is 0 Å². The normalized spacial score (nSPS) is 31.1. The van der Waals surface area contributed by atoms with Crippen LogP contribution in [-0.2, 0) is 0 Å². The van der Waals surface area contributed by atoms with E-state index in [0.717, 1.165) is 12.6 Å². The number of fused-ring (bicyclic) bond motifs is 1. The van der Waals surface area contributed by atoms with Crippen molar-refractivity contribution in [2.24, 2.45) is 5.92 Å². The molecule has 56 valence electrons. The van der Waals surface area contributed by atoms with Gasteiger partial charge in [0.2, 0.25) is 0 Å². The zero-order valence-electron chi connectivity index (χ0n) is 6.43. The minimum Gasteiger partial charge on any atom is -0.372 e. The summed E-state index contributed by atoms with van der Waals surface area (Å²) in [6.45, 7) is 4.62. The van der Waals surface area contributed by atoms with Crippen LogP contribution < -0.4 is 5.32 Å². The molecule has 0 unspecified atom stereocenters. The molecule has 2 rings (SSSR count). The lowest BCUT2D eigenvalue weighted by molar-refractivity contribution is 0.266. The van der Waals surface area contributed by atoms with Crippen molar-refractivity contribution >= 4 is 0 Å². The maximum atomic E-state index is 3.25. The third-order valence-corrected chi connectivity index (χ3v) is 2.41. The molecule has 0 spiro atoms. The Morgan fingerprint density at radius 2 is 2.60 bits per heavy atom. The Bertz CT molecular complexity index is 163. The van der Waals surface area contributed by atoms with Crippen LogP contribution in [0.25, 0.3) is 0 Å². The van der Waals surface area contributed by atoms with Crippen LogP contribution in [0.3, 0.4) is 0 Å². The summed E-state index contributed by atoms with van der Waals surface area (Å²) < 4.78 is 0. The molecule has 0 saturated carbocycles. The Kier molecular flexibility index (Phi) is 1.33. The monoisotopic (exact) mass is 138 g/mol. The lowest BCUT2D eigenvalue weighted by Crippen LogP contribution is -2.30. The molecule has 0 aromatic rings. The molecule has 10 heavy (non-hydrogen) atoms. The summed E-state index contributed by atoms with van der Waals surface area (Å²) in [5.41, 5.74) is 1.51. The fourth-order valence-electron chi connectivity index (χ4n) is 1.71. The first kappa shape index (κ1) is 6.08. The SMILES string of the molecule is C[C@@H]1CCN2CNC=C2C1. The number of hydrogen-bond acceptors (Lipinski definition) is 2. The van der Waals surface area contributed by atoms with E-state index in [1.54, 1.807) is 0 Å². The van der Waals surface area contributed by atoms with Gasteiger partial charge in [-0.25, -0.2) is 0 Å². The Labute approximate surface area is 61.9 Å². The van der Waals surface area contributed by atoms with Crippen LogP contribution in [0.2, 0.25) is 0 Å². The van der Waals surface area contributed by atoms with Crippen LogP contribution >= 0.6 is 0 Å². The zero-order valence-corrected chi connectivity index (χ0v) is 6.43. The molecule has 2 heterocycles. The van der Waals surface area contributed by atoms with Crippen LogP contribution in [0.1, 0.15) is 19.8 Å². The molecule has 0 bridgehead atoms. The summed E-state index contributed by atoms with van der Waals surface area (Å²) in [7, 11) is 0. The summed E-state index contributed by atoms with van der Waals surface area (Å²) in [5.74, 6) is 0.891. The van der Waals surface area contributed by atoms with Crippen molar-refractivity contribution in [2.75, 3.05) is 13.2 Å². The van der Waals surface area contributed by atoms with Crippen molar-refractivity contribution in [3.8, 4) is 0 Å². The van der Waals surface area contributed by atoms with Crippen LogP contribution in [0.15, 0.2) is 11.9 Å². The summed E-state index contributed by atoms with van der Waals surface area (Å²) in [4.78, 5) is 2.43. The Morgan fingerprint density at radius 3 is 3.50 bits per heavy atom. The molecular formula is C8H14N2. The molecule has 0 aliphatic carbocycles. The summed E-state index contributed by atoms with van der Waals surface area (Å²) in [6, 6.07) is 0. The fourth-order valence-corrected chi connectivity index (χ4v) is 1.71. The highest BCUT2D eigenvalue weighted by atomic mass is 15.3. The largest absolute Gasteiger partial charge is 0.372 e. The Morgan fingerprint density at radius 1 is 1.70 bits per heavy atom. The van der Waals surface area contributed by atoms with Gasteiger partial charge in [0.25, 0.3) is 0 Å². The lowest BCUT2D eigenvalue weighted by Gasteiger charge is -2.29. The van der Waals surface area contributed by atoms with E-state index in [9.17, 15) is 0 Å². The van der Waals surface area contributed by atoms with E-state index in [4.69, 9.17) is 0 Å². The number of piperidine rings is 1. The molecule has 1 saturated heterocycles. The average molecular weight is 138 g/mol. The zero-order chi connectivity index (χ0) is 6.97. The second kappa shape index (κ2) is 2.19. The molecule has 0 radical (unpaired) electrons. The molecule has 2 aliphatic rings. The van der Waals surface area contributed by atoms with E-state index >= 15 is 0 Å². The second-order valence-electron chi connectivity index (χ2n) is 3.36. The highest BCUT2D eigenvalue weighted by Crippen LogP contribution is 2.26. The van der Waals surface area contributed by atoms with Gasteiger partial charge in [0.1, 0.15) is 0 Å². The van der Waals surface area contributed by atoms with Crippen molar-refractivity contribution < 1.29 is 0 Å². The van der Waals surface area contributed by atoms with E-state index < -0.39 is 0 Å². The third kappa shape index (κ3) is 0.877. The van der Waals surface area contributed by atoms with Crippen LogP contribution in [0, 0.1) is 5.92 Å². The molecular weight excluding hydrogens is 124 g/mol. The molecule has 1 N–H and O–H groups in total. The smallest absolute Gasteiger partial charge is 0.0869 e. The van der Waals surface area contributed by atoms with Crippen LogP contribution in [0.5, 0.6) is 0 Å². The van der Waals surface area contributed by atoms with Crippen molar-refractivity contribution in [1.29, 1.82) is 0 Å². The average Bonchev–Trinajstić information content (AvgIpc) is 2.33. The van der Waals surface area contributed by atoms with Gasteiger partial charge < -0.3 is 10.2 Å². The molecule has 2 aliphatic heterocycles. The van der Waals surface area contributed by atoms with Crippen molar-refractivity contribution in [1.82, 2.24) is 10.2 Å². The number of rotatable bonds is 0. The minimum absolute atomic E-state index is 0.891. The van der Waals surface area contributed by atoms with Gasteiger partial charge in [-0.05, 0) is 18.8 Å². The number of hydrogen-bond donors (Lipinski definition) is 1. The van der Waals surface area contributed by atoms with Gasteiger partial charge in [-0.1, -0.05) is 6.92 Å². The standard InChI is InChI=1S/C8H14N2/c1-7-2-3-10-6-9-5-8(10)4-7/h5,7,9H,2-4,6H2,1H3/t7-/m1/s1. The van der Waals surface area contributed by atoms with Gasteiger partial charge in [0, 0.05) is 18.4 Å². The predicted molar refractivity (Wildman–Crippen MR) is 41.2 cm³/mol. The van der Waals surface area contributed by atoms with Crippen molar-refractivity contribution in [2.45, 2.75) is 19.8 Å². The van der Waals surface area contributed by atoms with Gasteiger partial charge in [0.15, 0.2) is 0 Å². The first-order chi connectivity index (χ1) is 4.86. The van der Waals surface area contributed by atoms with Crippen molar-refractivity contribution in [3.63, 3.8) is 0 Å². The molecule has 1 atom stereocenters. The Balaban J connectivity index is 2.07. The van der Waals surface area contributed by atoms with Crippen LogP contribution in [0.4, 0.5) is 0 Å². The molecule has 1 fully saturated rings. The van der Waals surface area contributed by atoms with E-state index in [1.165, 1.54) is 25.1 Å². The molecule has 0 amide bonds. The summed E-state index contributed by atoms with van der Waals surface area (Å²) in [5, 5.41) is 3.25. The Hall–Kier alpha value is -0.660. The quantitative estimate of drug-likeness (QED) is 0.539. The third-order valence-electron chi connectivity index (χ3n) is 2.41. The molecule has 2 nitrogen and oxygen atoms in total. The van der Waals surface area contributed by atoms with E-state index in [0.29, 0.717) is 0 Å². The highest BCUT2D eigenvalue weighted by Gasteiger charge is 2.21. The van der Waals surface area contributed by atoms with Crippen LogP contribution in [-0.4, -0.2) is 18.1 Å². The van der Waals surface area contributed by atoms with Gasteiger partial charge in [0.05, 0.1) is 6.67 Å². The first-order valence-electron chi connectivity index (χ1n) is 4.03. The van der Waals surface area contributed by atoms with E-state index in [1.807, 2.05) is 0 Å². The van der Waals surface area contributed by atoms with E-state index in [2.05, 4.69) is 23.3 Å². The summed E-state index contributed by atoms with van der Waals surface area (Å²) >= 11 is 0. The number of nitrogens with one attached hydrogen (secondary N) is 1.